The zero-order valence-corrected chi connectivity index (χ0v) is 33.4. The van der Waals surface area contributed by atoms with Crippen LogP contribution in [-0.4, -0.2) is 65.1 Å². The molecule has 0 aromatic carbocycles. The Kier molecular flexibility index (Phi) is 14.7. The minimum absolute atomic E-state index is 0.0742. The normalized spacial score (nSPS) is 43.0. The molecule has 0 radical (unpaired) electrons. The largest absolute Gasteiger partial charge is 0.462 e. The van der Waals surface area contributed by atoms with Gasteiger partial charge in [-0.3, -0.25) is 9.59 Å². The molecule has 8 heteroatoms. The fraction of sp³-hybridized carbons (Fsp3) is 0.930. The van der Waals surface area contributed by atoms with E-state index >= 15 is 0 Å². The van der Waals surface area contributed by atoms with Gasteiger partial charge in [0.25, 0.3) is 0 Å². The fourth-order valence-corrected chi connectivity index (χ4v) is 13.3. The molecule has 15 atom stereocenters. The van der Waals surface area contributed by atoms with E-state index in [1.807, 2.05) is 6.92 Å². The molecule has 294 valence electrons. The maximum Gasteiger partial charge on any atom is 0.302 e. The van der Waals surface area contributed by atoms with Crippen molar-refractivity contribution in [2.75, 3.05) is 13.2 Å². The van der Waals surface area contributed by atoms with Crippen molar-refractivity contribution in [1.29, 1.82) is 0 Å². The Morgan fingerprint density at radius 2 is 1.00 bits per heavy atom. The van der Waals surface area contributed by atoms with E-state index in [-0.39, 0.29) is 53.6 Å². The number of fused-ring (bicyclic) bond motifs is 3. The molecule has 9 unspecified atom stereocenters. The lowest BCUT2D eigenvalue weighted by atomic mass is 9.62. The van der Waals surface area contributed by atoms with E-state index in [2.05, 4.69) is 34.6 Å². The van der Waals surface area contributed by atoms with E-state index in [0.717, 1.165) is 76.9 Å². The summed E-state index contributed by atoms with van der Waals surface area (Å²) in [6, 6.07) is 0. The predicted molar refractivity (Wildman–Crippen MR) is 199 cm³/mol. The van der Waals surface area contributed by atoms with E-state index in [1.165, 1.54) is 39.5 Å². The molecule has 0 spiro atoms. The van der Waals surface area contributed by atoms with E-state index in [4.69, 9.17) is 9.47 Å². The Morgan fingerprint density at radius 1 is 0.627 bits per heavy atom. The van der Waals surface area contributed by atoms with Gasteiger partial charge in [0.05, 0.1) is 6.10 Å². The monoisotopic (exact) mass is 719 g/mol. The van der Waals surface area contributed by atoms with E-state index in [1.54, 1.807) is 0 Å². The van der Waals surface area contributed by atoms with Gasteiger partial charge in [0, 0.05) is 44.8 Å². The summed E-state index contributed by atoms with van der Waals surface area (Å²) in [5.74, 6) is 3.63. The van der Waals surface area contributed by atoms with E-state index < -0.39 is 0 Å². The molecule has 3 N–H and O–H groups in total. The molecule has 8 nitrogen and oxygen atoms in total. The van der Waals surface area contributed by atoms with Crippen LogP contribution in [0.2, 0.25) is 0 Å². The second-order valence-corrected chi connectivity index (χ2v) is 18.7. The third kappa shape index (κ3) is 8.90. The fourth-order valence-electron chi connectivity index (χ4n) is 13.3. The molecule has 6 saturated carbocycles. The van der Waals surface area contributed by atoms with Crippen molar-refractivity contribution < 1.29 is 39.2 Å². The number of carbonyl (C=O) groups excluding carboxylic acids is 3. The summed E-state index contributed by atoms with van der Waals surface area (Å²) in [7, 11) is 0. The molecule has 0 aliphatic heterocycles. The first-order chi connectivity index (χ1) is 24.1. The van der Waals surface area contributed by atoms with Crippen LogP contribution in [0.3, 0.4) is 0 Å². The van der Waals surface area contributed by atoms with Crippen LogP contribution in [0.5, 0.6) is 0 Å². The highest BCUT2D eigenvalue weighted by Gasteiger charge is 2.55. The predicted octanol–water partition coefficient (Wildman–Crippen LogP) is 7.92. The van der Waals surface area contributed by atoms with Gasteiger partial charge in [0.15, 0.2) is 0 Å². The van der Waals surface area contributed by atoms with Crippen molar-refractivity contribution in [1.82, 2.24) is 0 Å². The highest BCUT2D eigenvalue weighted by atomic mass is 16.5. The van der Waals surface area contributed by atoms with Gasteiger partial charge < -0.3 is 29.6 Å². The van der Waals surface area contributed by atoms with Crippen molar-refractivity contribution in [3.05, 3.63) is 0 Å². The number of hydrogen-bond donors (Lipinski definition) is 3. The molecule has 6 aliphatic carbocycles. The smallest absolute Gasteiger partial charge is 0.302 e. The minimum atomic E-state index is -0.170. The van der Waals surface area contributed by atoms with Crippen LogP contribution in [0.25, 0.3) is 0 Å². The van der Waals surface area contributed by atoms with Crippen LogP contribution in [-0.2, 0) is 23.9 Å². The van der Waals surface area contributed by atoms with Gasteiger partial charge in [-0.25, -0.2) is 0 Å². The van der Waals surface area contributed by atoms with Crippen LogP contribution in [0.15, 0.2) is 0 Å². The van der Waals surface area contributed by atoms with Gasteiger partial charge in [-0.2, -0.15) is 0 Å². The number of aldehydes is 1. The summed E-state index contributed by atoms with van der Waals surface area (Å²) < 4.78 is 11.0. The third-order valence-corrected chi connectivity index (χ3v) is 15.9. The molecule has 0 aromatic heterocycles. The van der Waals surface area contributed by atoms with Crippen LogP contribution >= 0.6 is 0 Å². The highest BCUT2D eigenvalue weighted by molar-refractivity contribution is 5.66. The number of hydrogen-bond acceptors (Lipinski definition) is 8. The summed E-state index contributed by atoms with van der Waals surface area (Å²) in [6.07, 6.45) is 18.0. The Morgan fingerprint density at radius 3 is 1.41 bits per heavy atom. The summed E-state index contributed by atoms with van der Waals surface area (Å²) in [5.41, 5.74) is 0.721. The maximum atomic E-state index is 11.2. The highest BCUT2D eigenvalue weighted by Crippen LogP contribution is 2.60. The average Bonchev–Trinajstić information content (AvgIpc) is 3.75. The Bertz CT molecular complexity index is 1160. The molecule has 6 fully saturated rings. The summed E-state index contributed by atoms with van der Waals surface area (Å²) in [5, 5.41) is 28.8. The first kappa shape index (κ1) is 42.2. The standard InChI is InChI=1S/C15H26O3.C15H24O3.C13H24O2/c2*1-10(9-16)12-6-7-13-14(18-11(2)17)5-4-8-15(12,13)3;1-9(8-14)10-5-6-11-12(15)4-3-7-13(10,11)2/h10,12-14,16H,4-9H2,1-3H3;9-10,12-14H,4-8H2,1-3H3;9-12,14-15H,3-8H2,1-2H3/t2*10?,12?,13?,14-,15+;9?,10?,11?,12-,13+/m000/s1. The van der Waals surface area contributed by atoms with Gasteiger partial charge >= 0.3 is 11.9 Å². The SMILES string of the molecule is CC(=O)O[C@H]1CCC[C@]2(C)C(C(C)C=O)CCC12.CC(=O)O[C@H]1CCC[C@]2(C)C(C(C)CO)CCC12.CC(CO)C1CCC2[C@@H](O)CCC[C@]12C. The van der Waals surface area contributed by atoms with Gasteiger partial charge in [-0.05, 0) is 142 Å². The van der Waals surface area contributed by atoms with Crippen LogP contribution in [0, 0.1) is 69.5 Å². The number of carbonyl (C=O) groups is 3. The van der Waals surface area contributed by atoms with Crippen molar-refractivity contribution in [2.45, 2.75) is 170 Å². The van der Waals surface area contributed by atoms with Crippen molar-refractivity contribution in [3.8, 4) is 0 Å². The first-order valence-electron chi connectivity index (χ1n) is 20.8. The van der Waals surface area contributed by atoms with Gasteiger partial charge in [0.1, 0.15) is 18.5 Å². The Labute approximate surface area is 309 Å². The van der Waals surface area contributed by atoms with Crippen molar-refractivity contribution in [2.24, 2.45) is 69.5 Å². The molecule has 0 saturated heterocycles. The molecule has 6 aliphatic rings. The molecular weight excluding hydrogens is 644 g/mol. The lowest BCUT2D eigenvalue weighted by Gasteiger charge is -2.45. The molecular formula is C43H74O8. The second-order valence-electron chi connectivity index (χ2n) is 18.7. The molecule has 6 rings (SSSR count). The number of rotatable bonds is 8. The maximum absolute atomic E-state index is 11.2. The third-order valence-electron chi connectivity index (χ3n) is 15.9. The Balaban J connectivity index is 0.000000172. The van der Waals surface area contributed by atoms with Gasteiger partial charge in [0.2, 0.25) is 0 Å². The number of esters is 2. The first-order valence-corrected chi connectivity index (χ1v) is 20.8. The molecule has 0 amide bonds. The van der Waals surface area contributed by atoms with Crippen molar-refractivity contribution in [3.63, 3.8) is 0 Å². The number of aliphatic hydroxyl groups excluding tert-OH is 3. The van der Waals surface area contributed by atoms with E-state index in [9.17, 15) is 29.7 Å². The van der Waals surface area contributed by atoms with Gasteiger partial charge in [-0.1, -0.05) is 48.0 Å². The topological polar surface area (TPSA) is 130 Å². The number of ether oxygens (including phenoxy) is 2. The summed E-state index contributed by atoms with van der Waals surface area (Å²) >= 11 is 0. The minimum Gasteiger partial charge on any atom is -0.462 e. The van der Waals surface area contributed by atoms with Crippen LogP contribution in [0.4, 0.5) is 0 Å². The average molecular weight is 719 g/mol. The van der Waals surface area contributed by atoms with Crippen LogP contribution in [0.1, 0.15) is 152 Å². The summed E-state index contributed by atoms with van der Waals surface area (Å²) in [6.45, 7) is 16.9. The lowest BCUT2D eigenvalue weighted by Crippen LogP contribution is -2.43. The van der Waals surface area contributed by atoms with E-state index in [0.29, 0.717) is 59.4 Å². The molecule has 51 heavy (non-hydrogen) atoms. The van der Waals surface area contributed by atoms with Crippen LogP contribution < -0.4 is 0 Å². The molecule has 0 heterocycles. The second kappa shape index (κ2) is 17.8. The lowest BCUT2D eigenvalue weighted by molar-refractivity contribution is -0.156. The number of aliphatic hydroxyl groups is 3. The zero-order chi connectivity index (χ0) is 37.7. The molecule has 0 bridgehead atoms. The summed E-state index contributed by atoms with van der Waals surface area (Å²) in [4.78, 5) is 33.5. The zero-order valence-electron chi connectivity index (χ0n) is 33.4. The molecule has 0 aromatic rings. The quantitative estimate of drug-likeness (QED) is 0.171. The van der Waals surface area contributed by atoms with Crippen molar-refractivity contribution >= 4 is 18.2 Å². The van der Waals surface area contributed by atoms with Gasteiger partial charge in [-0.15, -0.1) is 0 Å². The Hall–Kier alpha value is -1.51.